The fourth-order valence-corrected chi connectivity index (χ4v) is 2.43. The van der Waals surface area contributed by atoms with Crippen molar-refractivity contribution in [2.75, 3.05) is 6.54 Å². The van der Waals surface area contributed by atoms with Gasteiger partial charge in [-0.05, 0) is 31.5 Å². The van der Waals surface area contributed by atoms with Crippen LogP contribution in [0, 0.1) is 19.3 Å². The second kappa shape index (κ2) is 7.40. The monoisotopic (exact) mass is 361 g/mol. The average molecular weight is 362 g/mol. The summed E-state index contributed by atoms with van der Waals surface area (Å²) >= 11 is 6.16. The van der Waals surface area contributed by atoms with E-state index in [1.807, 2.05) is 51.4 Å². The van der Waals surface area contributed by atoms with Gasteiger partial charge in [-0.25, -0.2) is 0 Å². The summed E-state index contributed by atoms with van der Waals surface area (Å²) in [7, 11) is 0. The number of aryl methyl sites for hydroxylation is 1. The number of carbonyl (C=O) groups is 2. The van der Waals surface area contributed by atoms with E-state index in [9.17, 15) is 9.59 Å². The summed E-state index contributed by atoms with van der Waals surface area (Å²) in [5.74, 6) is -0.253. The lowest BCUT2D eigenvalue weighted by Crippen LogP contribution is -2.35. The number of nitrogens with one attached hydrogen (secondary N) is 1. The number of ketones is 1. The Morgan fingerprint density at radius 2 is 1.76 bits per heavy atom. The highest BCUT2D eigenvalue weighted by molar-refractivity contribution is 6.31. The second-order valence-corrected chi connectivity index (χ2v) is 7.57. The van der Waals surface area contributed by atoms with Gasteiger partial charge < -0.3 is 5.32 Å². The molecular formula is C19H24ClN3O2. The molecule has 1 heterocycles. The maximum absolute atomic E-state index is 12.1. The van der Waals surface area contributed by atoms with Gasteiger partial charge in [0.15, 0.2) is 5.78 Å². The maximum Gasteiger partial charge on any atom is 0.251 e. The molecule has 0 fully saturated rings. The molecule has 0 aliphatic rings. The standard InChI is InChI=1S/C19H24ClN3O2/c1-12-17(20)13(2)23(22-12)11-14-6-8-15(9-7-14)18(25)21-10-16(24)19(3,4)5/h6-9H,10-11H2,1-5H3,(H,21,25). The Bertz CT molecular complexity index is 786. The van der Waals surface area contributed by atoms with Crippen LogP contribution < -0.4 is 5.32 Å². The Labute approximate surface area is 153 Å². The van der Waals surface area contributed by atoms with Crippen LogP contribution in [0.2, 0.25) is 5.02 Å². The zero-order chi connectivity index (χ0) is 18.8. The van der Waals surface area contributed by atoms with Gasteiger partial charge in [-0.3, -0.25) is 14.3 Å². The number of nitrogens with zero attached hydrogens (tertiary/aromatic N) is 2. The molecule has 2 rings (SSSR count). The van der Waals surface area contributed by atoms with Crippen LogP contribution >= 0.6 is 11.6 Å². The zero-order valence-corrected chi connectivity index (χ0v) is 16.1. The summed E-state index contributed by atoms with van der Waals surface area (Å²) in [6.45, 7) is 9.93. The molecule has 1 aromatic heterocycles. The lowest BCUT2D eigenvalue weighted by atomic mass is 9.91. The third kappa shape index (κ3) is 4.69. The van der Waals surface area contributed by atoms with Crippen LogP contribution in [0.5, 0.6) is 0 Å². The van der Waals surface area contributed by atoms with Gasteiger partial charge in [-0.1, -0.05) is 44.5 Å². The second-order valence-electron chi connectivity index (χ2n) is 7.20. The summed E-state index contributed by atoms with van der Waals surface area (Å²) in [6, 6.07) is 7.26. The van der Waals surface area contributed by atoms with Crippen molar-refractivity contribution in [3.8, 4) is 0 Å². The number of rotatable bonds is 5. The molecule has 1 amide bonds. The molecule has 0 radical (unpaired) electrons. The predicted molar refractivity (Wildman–Crippen MR) is 99.1 cm³/mol. The van der Waals surface area contributed by atoms with Crippen LogP contribution in [0.3, 0.4) is 0 Å². The van der Waals surface area contributed by atoms with Crippen molar-refractivity contribution in [3.05, 3.63) is 51.8 Å². The first-order valence-electron chi connectivity index (χ1n) is 8.19. The molecule has 1 aromatic carbocycles. The number of hydrogen-bond acceptors (Lipinski definition) is 3. The molecule has 2 aromatic rings. The van der Waals surface area contributed by atoms with Crippen LogP contribution in [-0.4, -0.2) is 28.0 Å². The zero-order valence-electron chi connectivity index (χ0n) is 15.3. The lowest BCUT2D eigenvalue weighted by molar-refractivity contribution is -0.125. The summed E-state index contributed by atoms with van der Waals surface area (Å²) in [5.41, 5.74) is 2.81. The number of aromatic nitrogens is 2. The topological polar surface area (TPSA) is 64.0 Å². The van der Waals surface area contributed by atoms with Gasteiger partial charge in [0.1, 0.15) is 0 Å². The fraction of sp³-hybridized carbons (Fsp3) is 0.421. The minimum absolute atomic E-state index is 0.00104. The third-order valence-electron chi connectivity index (χ3n) is 4.09. The molecule has 6 heteroatoms. The van der Waals surface area contributed by atoms with Crippen LogP contribution in [0.4, 0.5) is 0 Å². The summed E-state index contributed by atoms with van der Waals surface area (Å²) < 4.78 is 1.84. The molecule has 0 saturated carbocycles. The molecule has 134 valence electrons. The Balaban J connectivity index is 2.00. The number of halogens is 1. The van der Waals surface area contributed by atoms with Crippen molar-refractivity contribution in [3.63, 3.8) is 0 Å². The molecule has 0 bridgehead atoms. The first-order chi connectivity index (χ1) is 11.6. The molecule has 25 heavy (non-hydrogen) atoms. The highest BCUT2D eigenvalue weighted by Gasteiger charge is 2.21. The fourth-order valence-electron chi connectivity index (χ4n) is 2.29. The highest BCUT2D eigenvalue weighted by atomic mass is 35.5. The molecule has 0 aliphatic heterocycles. The molecule has 0 atom stereocenters. The largest absolute Gasteiger partial charge is 0.345 e. The first-order valence-corrected chi connectivity index (χ1v) is 8.57. The van der Waals surface area contributed by atoms with Gasteiger partial charge in [-0.15, -0.1) is 0 Å². The average Bonchev–Trinajstić information content (AvgIpc) is 2.79. The first kappa shape index (κ1) is 19.2. The van der Waals surface area contributed by atoms with Gasteiger partial charge >= 0.3 is 0 Å². The van der Waals surface area contributed by atoms with Crippen molar-refractivity contribution in [1.82, 2.24) is 15.1 Å². The number of amides is 1. The Kier molecular flexibility index (Phi) is 5.68. The van der Waals surface area contributed by atoms with Gasteiger partial charge in [0.25, 0.3) is 5.91 Å². The quantitative estimate of drug-likeness (QED) is 0.885. The smallest absolute Gasteiger partial charge is 0.251 e. The van der Waals surface area contributed by atoms with E-state index < -0.39 is 5.41 Å². The SMILES string of the molecule is Cc1nn(Cc2ccc(C(=O)NCC(=O)C(C)(C)C)cc2)c(C)c1Cl. The van der Waals surface area contributed by atoms with Gasteiger partial charge in [-0.2, -0.15) is 5.10 Å². The number of benzene rings is 1. The Morgan fingerprint density at radius 1 is 1.16 bits per heavy atom. The third-order valence-corrected chi connectivity index (χ3v) is 4.63. The summed E-state index contributed by atoms with van der Waals surface area (Å²) in [6.07, 6.45) is 0. The van der Waals surface area contributed by atoms with Crippen LogP contribution in [-0.2, 0) is 11.3 Å². The van der Waals surface area contributed by atoms with Crippen molar-refractivity contribution in [2.45, 2.75) is 41.2 Å². The van der Waals surface area contributed by atoms with Crippen molar-refractivity contribution in [1.29, 1.82) is 0 Å². The van der Waals surface area contributed by atoms with Crippen LogP contribution in [0.25, 0.3) is 0 Å². The minimum Gasteiger partial charge on any atom is -0.345 e. The van der Waals surface area contributed by atoms with E-state index in [0.717, 1.165) is 17.0 Å². The molecule has 1 N–H and O–H groups in total. The molecular weight excluding hydrogens is 338 g/mol. The predicted octanol–water partition coefficient (Wildman–Crippen LogP) is 3.55. The van der Waals surface area contributed by atoms with Crippen molar-refractivity contribution >= 4 is 23.3 Å². The number of hydrogen-bond donors (Lipinski definition) is 1. The molecule has 5 nitrogen and oxygen atoms in total. The molecule has 0 saturated heterocycles. The van der Waals surface area contributed by atoms with E-state index in [-0.39, 0.29) is 18.2 Å². The molecule has 0 unspecified atom stereocenters. The normalized spacial score (nSPS) is 11.4. The Morgan fingerprint density at radius 3 is 2.24 bits per heavy atom. The van der Waals surface area contributed by atoms with Crippen molar-refractivity contribution in [2.24, 2.45) is 5.41 Å². The summed E-state index contributed by atoms with van der Waals surface area (Å²) in [4.78, 5) is 24.0. The highest BCUT2D eigenvalue weighted by Crippen LogP contribution is 2.20. The van der Waals surface area contributed by atoms with E-state index in [0.29, 0.717) is 17.1 Å². The summed E-state index contributed by atoms with van der Waals surface area (Å²) in [5, 5.41) is 7.75. The van der Waals surface area contributed by atoms with Gasteiger partial charge in [0.05, 0.1) is 29.5 Å². The van der Waals surface area contributed by atoms with E-state index in [4.69, 9.17) is 11.6 Å². The lowest BCUT2D eigenvalue weighted by Gasteiger charge is -2.16. The molecule has 0 spiro atoms. The van der Waals surface area contributed by atoms with E-state index in [1.54, 1.807) is 12.1 Å². The van der Waals surface area contributed by atoms with E-state index in [2.05, 4.69) is 10.4 Å². The van der Waals surface area contributed by atoms with Crippen LogP contribution in [0.15, 0.2) is 24.3 Å². The number of Topliss-reactive ketones (excluding diaryl/α,β-unsaturated/α-hetero) is 1. The minimum atomic E-state index is -0.460. The molecule has 0 aliphatic carbocycles. The van der Waals surface area contributed by atoms with Gasteiger partial charge in [0, 0.05) is 11.0 Å². The maximum atomic E-state index is 12.1. The van der Waals surface area contributed by atoms with Gasteiger partial charge in [0.2, 0.25) is 0 Å². The Hall–Kier alpha value is -2.14. The van der Waals surface area contributed by atoms with E-state index in [1.165, 1.54) is 0 Å². The van der Waals surface area contributed by atoms with Crippen LogP contribution in [0.1, 0.15) is 48.1 Å². The van der Waals surface area contributed by atoms with Crippen molar-refractivity contribution < 1.29 is 9.59 Å². The van der Waals surface area contributed by atoms with E-state index >= 15 is 0 Å². The number of carbonyl (C=O) groups excluding carboxylic acids is 2.